The summed E-state index contributed by atoms with van der Waals surface area (Å²) in [5.41, 5.74) is 0. The van der Waals surface area contributed by atoms with Gasteiger partial charge in [-0.15, -0.1) is 0 Å². The molecule has 0 saturated carbocycles. The highest BCUT2D eigenvalue weighted by molar-refractivity contribution is 5.70. The first-order valence-electron chi connectivity index (χ1n) is 27.2. The lowest BCUT2D eigenvalue weighted by molar-refractivity contribution is -0.163. The van der Waals surface area contributed by atoms with E-state index in [9.17, 15) is 9.59 Å². The van der Waals surface area contributed by atoms with Crippen LogP contribution in [-0.2, 0) is 23.8 Å². The second-order valence-electron chi connectivity index (χ2n) is 18.1. The number of esters is 2. The van der Waals surface area contributed by atoms with Gasteiger partial charge >= 0.3 is 11.9 Å². The number of carbonyl (C=O) groups excluding carboxylic acids is 2. The Bertz CT molecular complexity index is 1030. The van der Waals surface area contributed by atoms with Crippen molar-refractivity contribution in [3.63, 3.8) is 0 Å². The third-order valence-electron chi connectivity index (χ3n) is 11.8. The Hall–Kier alpha value is -2.14. The molecule has 5 heteroatoms. The lowest BCUT2D eigenvalue weighted by Gasteiger charge is -2.18. The normalized spacial score (nSPS) is 12.5. The molecule has 0 aliphatic rings. The summed E-state index contributed by atoms with van der Waals surface area (Å²) in [7, 11) is 0. The number of hydrogen-bond acceptors (Lipinski definition) is 5. The van der Waals surface area contributed by atoms with Gasteiger partial charge in [0.05, 0.1) is 6.61 Å². The third-order valence-corrected chi connectivity index (χ3v) is 11.8. The third kappa shape index (κ3) is 50.5. The molecule has 62 heavy (non-hydrogen) atoms. The number of ether oxygens (including phenoxy) is 3. The van der Waals surface area contributed by atoms with E-state index in [-0.39, 0.29) is 25.2 Å². The molecule has 0 aliphatic carbocycles. The minimum Gasteiger partial charge on any atom is -0.462 e. The SMILES string of the molecule is CCCCC/C=C\C/C=C\CCCCCCCCCC(=O)OCC(COCCCCCCCC/C=C\CCCCCC)OC(=O)CCCCCCC/C=C\CCCCCCCC. The van der Waals surface area contributed by atoms with Crippen LogP contribution in [0.15, 0.2) is 48.6 Å². The summed E-state index contributed by atoms with van der Waals surface area (Å²) in [6.45, 7) is 7.79. The molecule has 0 fully saturated rings. The molecule has 0 radical (unpaired) electrons. The van der Waals surface area contributed by atoms with Gasteiger partial charge in [0.2, 0.25) is 0 Å². The van der Waals surface area contributed by atoms with Gasteiger partial charge in [0, 0.05) is 19.4 Å². The molecule has 0 saturated heterocycles. The largest absolute Gasteiger partial charge is 0.462 e. The van der Waals surface area contributed by atoms with Crippen LogP contribution in [0.2, 0.25) is 0 Å². The fourth-order valence-electron chi connectivity index (χ4n) is 7.71. The van der Waals surface area contributed by atoms with Crippen molar-refractivity contribution in [1.29, 1.82) is 0 Å². The summed E-state index contributed by atoms with van der Waals surface area (Å²) >= 11 is 0. The van der Waals surface area contributed by atoms with E-state index in [4.69, 9.17) is 14.2 Å². The maximum atomic E-state index is 12.8. The Morgan fingerprint density at radius 2 is 0.677 bits per heavy atom. The smallest absolute Gasteiger partial charge is 0.306 e. The predicted molar refractivity (Wildman–Crippen MR) is 270 cm³/mol. The molecule has 0 amide bonds. The molecule has 0 aromatic carbocycles. The van der Waals surface area contributed by atoms with Gasteiger partial charge in [0.25, 0.3) is 0 Å². The fourth-order valence-corrected chi connectivity index (χ4v) is 7.71. The summed E-state index contributed by atoms with van der Waals surface area (Å²) in [5.74, 6) is -0.409. The van der Waals surface area contributed by atoms with E-state index in [1.54, 1.807) is 0 Å². The summed E-state index contributed by atoms with van der Waals surface area (Å²) in [4.78, 5) is 25.4. The highest BCUT2D eigenvalue weighted by atomic mass is 16.6. The highest BCUT2D eigenvalue weighted by Gasteiger charge is 2.17. The first kappa shape index (κ1) is 59.9. The summed E-state index contributed by atoms with van der Waals surface area (Å²) in [5, 5.41) is 0. The van der Waals surface area contributed by atoms with E-state index in [0.29, 0.717) is 19.4 Å². The van der Waals surface area contributed by atoms with Crippen LogP contribution in [0.1, 0.15) is 278 Å². The van der Waals surface area contributed by atoms with E-state index in [0.717, 1.165) is 64.2 Å². The molecule has 0 rings (SSSR count). The standard InChI is InChI=1S/C57H104O5/c1-4-7-10-13-16-19-22-25-28-29-31-32-35-38-41-44-47-50-56(58)61-54-55(53-60-52-49-46-43-40-37-34-27-24-21-18-15-12-9-6-3)62-57(59)51-48-45-42-39-36-33-30-26-23-20-17-14-11-8-5-2/h16,19,21,24-26,28,30,55H,4-15,17-18,20,22-23,27,29,31-54H2,1-3H3/b19-16-,24-21-,28-25-,30-26-. The van der Waals surface area contributed by atoms with Gasteiger partial charge in [-0.25, -0.2) is 0 Å². The van der Waals surface area contributed by atoms with Crippen LogP contribution in [0.4, 0.5) is 0 Å². The van der Waals surface area contributed by atoms with Gasteiger partial charge in [-0.1, -0.05) is 211 Å². The Labute approximate surface area is 386 Å². The number of unbranched alkanes of at least 4 members (excludes halogenated alkanes) is 31. The molecular formula is C57H104O5. The molecule has 0 aromatic heterocycles. The van der Waals surface area contributed by atoms with Crippen molar-refractivity contribution in [3.05, 3.63) is 48.6 Å². The van der Waals surface area contributed by atoms with Crippen molar-refractivity contribution in [2.75, 3.05) is 19.8 Å². The lowest BCUT2D eigenvalue weighted by Crippen LogP contribution is -2.30. The maximum absolute atomic E-state index is 12.8. The Kier molecular flexibility index (Phi) is 51.4. The number of hydrogen-bond donors (Lipinski definition) is 0. The van der Waals surface area contributed by atoms with Crippen molar-refractivity contribution in [2.24, 2.45) is 0 Å². The van der Waals surface area contributed by atoms with E-state index in [1.165, 1.54) is 180 Å². The van der Waals surface area contributed by atoms with E-state index >= 15 is 0 Å². The molecule has 1 unspecified atom stereocenters. The van der Waals surface area contributed by atoms with Crippen LogP contribution in [0.3, 0.4) is 0 Å². The lowest BCUT2D eigenvalue weighted by atomic mass is 10.1. The highest BCUT2D eigenvalue weighted by Crippen LogP contribution is 2.14. The topological polar surface area (TPSA) is 61.8 Å². The molecule has 0 heterocycles. The van der Waals surface area contributed by atoms with Crippen LogP contribution in [0, 0.1) is 0 Å². The molecule has 1 atom stereocenters. The minimum absolute atomic E-state index is 0.0772. The van der Waals surface area contributed by atoms with Crippen LogP contribution in [0.5, 0.6) is 0 Å². The van der Waals surface area contributed by atoms with Crippen molar-refractivity contribution in [2.45, 2.75) is 284 Å². The van der Waals surface area contributed by atoms with E-state index in [1.807, 2.05) is 0 Å². The first-order valence-corrected chi connectivity index (χ1v) is 27.2. The molecule has 0 aliphatic heterocycles. The summed E-state index contributed by atoms with van der Waals surface area (Å²) in [6, 6.07) is 0. The monoisotopic (exact) mass is 869 g/mol. The summed E-state index contributed by atoms with van der Waals surface area (Å²) < 4.78 is 17.4. The molecule has 362 valence electrons. The zero-order chi connectivity index (χ0) is 44.9. The molecule has 0 N–H and O–H groups in total. The van der Waals surface area contributed by atoms with Gasteiger partial charge in [-0.3, -0.25) is 9.59 Å². The predicted octanol–water partition coefficient (Wildman–Crippen LogP) is 18.3. The van der Waals surface area contributed by atoms with Crippen molar-refractivity contribution in [1.82, 2.24) is 0 Å². The average molecular weight is 869 g/mol. The van der Waals surface area contributed by atoms with Gasteiger partial charge in [0.15, 0.2) is 6.10 Å². The van der Waals surface area contributed by atoms with Gasteiger partial charge in [0.1, 0.15) is 6.61 Å². The molecule has 0 bridgehead atoms. The van der Waals surface area contributed by atoms with Crippen LogP contribution < -0.4 is 0 Å². The Morgan fingerprint density at radius 3 is 1.13 bits per heavy atom. The van der Waals surface area contributed by atoms with Gasteiger partial charge < -0.3 is 14.2 Å². The van der Waals surface area contributed by atoms with Crippen LogP contribution >= 0.6 is 0 Å². The van der Waals surface area contributed by atoms with E-state index < -0.39 is 6.10 Å². The van der Waals surface area contributed by atoms with Crippen molar-refractivity contribution >= 4 is 11.9 Å². The van der Waals surface area contributed by atoms with Crippen molar-refractivity contribution in [3.8, 4) is 0 Å². The molecular weight excluding hydrogens is 765 g/mol. The number of allylic oxidation sites excluding steroid dienone is 8. The molecule has 0 spiro atoms. The summed E-state index contributed by atoms with van der Waals surface area (Å²) in [6.07, 6.45) is 65.4. The minimum atomic E-state index is -0.545. The van der Waals surface area contributed by atoms with Crippen LogP contribution in [0.25, 0.3) is 0 Å². The maximum Gasteiger partial charge on any atom is 0.306 e. The van der Waals surface area contributed by atoms with E-state index in [2.05, 4.69) is 69.4 Å². The quantitative estimate of drug-likeness (QED) is 0.0346. The zero-order valence-electron chi connectivity index (χ0n) is 41.6. The second-order valence-corrected chi connectivity index (χ2v) is 18.1. The first-order chi connectivity index (χ1) is 30.6. The van der Waals surface area contributed by atoms with Gasteiger partial charge in [-0.2, -0.15) is 0 Å². The number of carbonyl (C=O) groups is 2. The Balaban J connectivity index is 4.28. The van der Waals surface area contributed by atoms with Gasteiger partial charge in [-0.05, 0) is 103 Å². The molecule has 5 nitrogen and oxygen atoms in total. The number of rotatable bonds is 50. The zero-order valence-corrected chi connectivity index (χ0v) is 41.6. The second kappa shape index (κ2) is 53.2. The average Bonchev–Trinajstić information content (AvgIpc) is 3.27. The fraction of sp³-hybridized carbons (Fsp3) is 0.825. The van der Waals surface area contributed by atoms with Crippen molar-refractivity contribution < 1.29 is 23.8 Å². The Morgan fingerprint density at radius 1 is 0.355 bits per heavy atom. The molecule has 0 aromatic rings. The van der Waals surface area contributed by atoms with Crippen LogP contribution in [-0.4, -0.2) is 37.9 Å².